The van der Waals surface area contributed by atoms with Gasteiger partial charge in [-0.3, -0.25) is 9.78 Å². The van der Waals surface area contributed by atoms with E-state index >= 15 is 0 Å². The van der Waals surface area contributed by atoms with Gasteiger partial charge in [0.25, 0.3) is 0 Å². The van der Waals surface area contributed by atoms with E-state index < -0.39 is 0 Å². The van der Waals surface area contributed by atoms with Gasteiger partial charge in [-0.25, -0.2) is 0 Å². The summed E-state index contributed by atoms with van der Waals surface area (Å²) >= 11 is 0. The molecule has 1 aliphatic carbocycles. The normalized spacial score (nSPS) is 21.6. The Labute approximate surface area is 148 Å². The Morgan fingerprint density at radius 2 is 1.92 bits per heavy atom. The number of carbonyl (C=O) groups is 1. The summed E-state index contributed by atoms with van der Waals surface area (Å²) in [6.45, 7) is 1.63. The number of rotatable bonds is 2. The first kappa shape index (κ1) is 16.1. The molecule has 0 saturated carbocycles. The standard InChI is InChI=1S/C21H25N3O/c22-18-14-17-8-4-5-9-19(17)23-20(18)15-10-12-24(13-11-15)21(25)16-6-2-1-3-7-16/h1-2,4-5,8-9,14-16H,3,6-7,10-13,22H2/t16-/m0/s1. The van der Waals surface area contributed by atoms with E-state index in [0.29, 0.717) is 11.8 Å². The number of nitrogens with two attached hydrogens (primary N) is 1. The van der Waals surface area contributed by atoms with E-state index in [9.17, 15) is 4.79 Å². The molecule has 2 heterocycles. The molecule has 1 aromatic heterocycles. The molecular weight excluding hydrogens is 310 g/mol. The van der Waals surface area contributed by atoms with Gasteiger partial charge in [-0.2, -0.15) is 0 Å². The van der Waals surface area contributed by atoms with Gasteiger partial charge in [-0.05, 0) is 44.2 Å². The van der Waals surface area contributed by atoms with Crippen LogP contribution < -0.4 is 5.73 Å². The second-order valence-electron chi connectivity index (χ2n) is 7.24. The average molecular weight is 335 g/mol. The molecule has 4 heteroatoms. The van der Waals surface area contributed by atoms with Gasteiger partial charge in [0.15, 0.2) is 0 Å². The van der Waals surface area contributed by atoms with E-state index in [1.165, 1.54) is 0 Å². The van der Waals surface area contributed by atoms with Crippen LogP contribution in [0.5, 0.6) is 0 Å². The molecule has 1 aromatic carbocycles. The van der Waals surface area contributed by atoms with E-state index in [4.69, 9.17) is 10.7 Å². The van der Waals surface area contributed by atoms with Gasteiger partial charge in [0.05, 0.1) is 16.9 Å². The summed E-state index contributed by atoms with van der Waals surface area (Å²) in [5, 5.41) is 1.08. The number of nitrogen functional groups attached to an aromatic ring is 1. The molecule has 1 saturated heterocycles. The number of aromatic nitrogens is 1. The van der Waals surface area contributed by atoms with Crippen LogP contribution in [0.4, 0.5) is 5.69 Å². The Hall–Kier alpha value is -2.36. The lowest BCUT2D eigenvalue weighted by molar-refractivity contribution is -0.136. The Kier molecular flexibility index (Phi) is 4.43. The van der Waals surface area contributed by atoms with E-state index in [-0.39, 0.29) is 5.92 Å². The largest absolute Gasteiger partial charge is 0.397 e. The number of fused-ring (bicyclic) bond motifs is 1. The molecule has 4 rings (SSSR count). The van der Waals surface area contributed by atoms with Crippen LogP contribution in [-0.4, -0.2) is 28.9 Å². The summed E-state index contributed by atoms with van der Waals surface area (Å²) in [7, 11) is 0. The van der Waals surface area contributed by atoms with Crippen LogP contribution in [0.15, 0.2) is 42.5 Å². The van der Waals surface area contributed by atoms with E-state index in [2.05, 4.69) is 17.1 Å². The molecule has 1 amide bonds. The van der Waals surface area contributed by atoms with E-state index in [1.54, 1.807) is 0 Å². The predicted molar refractivity (Wildman–Crippen MR) is 101 cm³/mol. The Balaban J connectivity index is 1.46. The molecule has 1 aliphatic heterocycles. The predicted octanol–water partition coefficient (Wildman–Crippen LogP) is 3.88. The molecule has 2 N–H and O–H groups in total. The number of carbonyl (C=O) groups excluding carboxylic acids is 1. The number of hydrogen-bond donors (Lipinski definition) is 1. The lowest BCUT2D eigenvalue weighted by Crippen LogP contribution is -2.41. The zero-order valence-electron chi connectivity index (χ0n) is 14.5. The number of allylic oxidation sites excluding steroid dienone is 2. The zero-order chi connectivity index (χ0) is 17.2. The summed E-state index contributed by atoms with van der Waals surface area (Å²) in [5.41, 5.74) is 9.06. The van der Waals surface area contributed by atoms with Crippen molar-refractivity contribution in [1.29, 1.82) is 0 Å². The molecule has 2 aliphatic rings. The van der Waals surface area contributed by atoms with Crippen molar-refractivity contribution in [1.82, 2.24) is 9.88 Å². The van der Waals surface area contributed by atoms with Crippen molar-refractivity contribution in [2.45, 2.75) is 38.0 Å². The monoisotopic (exact) mass is 335 g/mol. The minimum atomic E-state index is 0.186. The van der Waals surface area contributed by atoms with Gasteiger partial charge >= 0.3 is 0 Å². The van der Waals surface area contributed by atoms with Crippen LogP contribution in [0.25, 0.3) is 10.9 Å². The minimum Gasteiger partial charge on any atom is -0.397 e. The van der Waals surface area contributed by atoms with Gasteiger partial charge in [0.2, 0.25) is 5.91 Å². The van der Waals surface area contributed by atoms with Crippen LogP contribution in [0.2, 0.25) is 0 Å². The van der Waals surface area contributed by atoms with E-state index in [0.717, 1.165) is 67.5 Å². The molecule has 1 fully saturated rings. The summed E-state index contributed by atoms with van der Waals surface area (Å²) in [4.78, 5) is 19.6. The van der Waals surface area contributed by atoms with Crippen molar-refractivity contribution in [2.75, 3.05) is 18.8 Å². The maximum absolute atomic E-state index is 12.7. The average Bonchev–Trinajstić information content (AvgIpc) is 2.68. The van der Waals surface area contributed by atoms with Crippen molar-refractivity contribution in [2.24, 2.45) is 5.92 Å². The number of hydrogen-bond acceptors (Lipinski definition) is 3. The van der Waals surface area contributed by atoms with Crippen LogP contribution in [0, 0.1) is 5.92 Å². The highest BCUT2D eigenvalue weighted by Crippen LogP contribution is 2.33. The summed E-state index contributed by atoms with van der Waals surface area (Å²) in [5.74, 6) is 0.868. The smallest absolute Gasteiger partial charge is 0.226 e. The molecule has 4 nitrogen and oxygen atoms in total. The third-order valence-corrected chi connectivity index (χ3v) is 5.60. The fourth-order valence-corrected chi connectivity index (χ4v) is 4.12. The number of benzene rings is 1. The van der Waals surface area contributed by atoms with Gasteiger partial charge in [0.1, 0.15) is 0 Å². The number of pyridine rings is 1. The summed E-state index contributed by atoms with van der Waals surface area (Å²) < 4.78 is 0. The topological polar surface area (TPSA) is 59.2 Å². The van der Waals surface area contributed by atoms with Gasteiger partial charge in [0, 0.05) is 30.3 Å². The minimum absolute atomic E-state index is 0.186. The van der Waals surface area contributed by atoms with Crippen LogP contribution in [-0.2, 0) is 4.79 Å². The van der Waals surface area contributed by atoms with E-state index in [1.807, 2.05) is 30.3 Å². The fourth-order valence-electron chi connectivity index (χ4n) is 4.12. The Morgan fingerprint density at radius 1 is 1.12 bits per heavy atom. The highest BCUT2D eigenvalue weighted by molar-refractivity contribution is 5.82. The van der Waals surface area contributed by atoms with Crippen LogP contribution in [0.1, 0.15) is 43.7 Å². The maximum atomic E-state index is 12.7. The summed E-state index contributed by atoms with van der Waals surface area (Å²) in [6, 6.07) is 10.1. The first-order chi connectivity index (χ1) is 12.2. The molecule has 0 bridgehead atoms. The third-order valence-electron chi connectivity index (χ3n) is 5.60. The molecular formula is C21H25N3O. The number of para-hydroxylation sites is 1. The highest BCUT2D eigenvalue weighted by atomic mass is 16.2. The first-order valence-corrected chi connectivity index (χ1v) is 9.31. The Bertz CT molecular complexity index is 806. The molecule has 2 aromatic rings. The van der Waals surface area contributed by atoms with Crippen molar-refractivity contribution >= 4 is 22.5 Å². The van der Waals surface area contributed by atoms with Crippen molar-refractivity contribution in [3.63, 3.8) is 0 Å². The third kappa shape index (κ3) is 3.26. The second-order valence-corrected chi connectivity index (χ2v) is 7.24. The molecule has 0 unspecified atom stereocenters. The quantitative estimate of drug-likeness (QED) is 0.847. The second kappa shape index (κ2) is 6.87. The molecule has 130 valence electrons. The lowest BCUT2D eigenvalue weighted by Gasteiger charge is -2.34. The van der Waals surface area contributed by atoms with Crippen molar-refractivity contribution in [3.05, 3.63) is 48.2 Å². The van der Waals surface area contributed by atoms with Gasteiger partial charge in [-0.1, -0.05) is 30.4 Å². The SMILES string of the molecule is Nc1cc2ccccc2nc1C1CCN(C(=O)[C@H]2CC=CCC2)CC1. The van der Waals surface area contributed by atoms with Crippen LogP contribution >= 0.6 is 0 Å². The zero-order valence-corrected chi connectivity index (χ0v) is 14.5. The lowest BCUT2D eigenvalue weighted by atomic mass is 9.89. The first-order valence-electron chi connectivity index (χ1n) is 9.31. The number of amides is 1. The highest BCUT2D eigenvalue weighted by Gasteiger charge is 2.29. The van der Waals surface area contributed by atoms with Gasteiger partial charge < -0.3 is 10.6 Å². The number of nitrogens with zero attached hydrogens (tertiary/aromatic N) is 2. The molecule has 25 heavy (non-hydrogen) atoms. The molecule has 0 spiro atoms. The number of piperidine rings is 1. The Morgan fingerprint density at radius 3 is 2.68 bits per heavy atom. The number of likely N-dealkylation sites (tertiary alicyclic amines) is 1. The number of anilines is 1. The fraction of sp³-hybridized carbons (Fsp3) is 0.429. The van der Waals surface area contributed by atoms with Gasteiger partial charge in [-0.15, -0.1) is 0 Å². The van der Waals surface area contributed by atoms with Crippen molar-refractivity contribution < 1.29 is 4.79 Å². The molecule has 0 radical (unpaired) electrons. The summed E-state index contributed by atoms with van der Waals surface area (Å²) in [6.07, 6.45) is 9.16. The van der Waals surface area contributed by atoms with Crippen molar-refractivity contribution in [3.8, 4) is 0 Å². The van der Waals surface area contributed by atoms with Crippen LogP contribution in [0.3, 0.4) is 0 Å². The maximum Gasteiger partial charge on any atom is 0.226 e. The molecule has 1 atom stereocenters.